The number of phenolic OH excluding ortho intramolecular Hbond substituents is 4. The number of hydrogen-bond acceptors (Lipinski definition) is 20. The van der Waals surface area contributed by atoms with Gasteiger partial charge in [0.15, 0.2) is 12.2 Å². The number of fused-ring (bicyclic) bond motifs is 11. The van der Waals surface area contributed by atoms with Gasteiger partial charge in [0.05, 0.1) is 25.2 Å². The number of carbonyl (C=O) groups is 11. The second kappa shape index (κ2) is 43.4. The minimum Gasteiger partial charge on any atom is -0.508 e. The van der Waals surface area contributed by atoms with Crippen molar-refractivity contribution >= 4 is 88.0 Å². The minimum absolute atomic E-state index is 0.0479. The largest absolute Gasteiger partial charge is 0.508 e. The zero-order valence-corrected chi connectivity index (χ0v) is 76.7. The number of aliphatic carboxylic acids is 4. The van der Waals surface area contributed by atoms with Crippen LogP contribution in [0.1, 0.15) is 150 Å². The maximum Gasteiger partial charge on any atom is 0.335 e. The van der Waals surface area contributed by atoms with Gasteiger partial charge >= 0.3 is 23.9 Å². The first-order valence-corrected chi connectivity index (χ1v) is 45.7. The summed E-state index contributed by atoms with van der Waals surface area (Å²) in [4.78, 5) is 138. The lowest BCUT2D eigenvalue weighted by Crippen LogP contribution is -2.44. The van der Waals surface area contributed by atoms with Crippen LogP contribution >= 0.6 is 0 Å². The van der Waals surface area contributed by atoms with Crippen molar-refractivity contribution < 1.29 is 108 Å². The normalized spacial score (nSPS) is 18.7. The molecule has 0 saturated carbocycles. The van der Waals surface area contributed by atoms with E-state index in [9.17, 15) is 88.5 Å². The van der Waals surface area contributed by atoms with Crippen LogP contribution in [0, 0.1) is 0 Å². The summed E-state index contributed by atoms with van der Waals surface area (Å²) in [5.41, 5.74) is 24.1. The molecule has 6 aliphatic rings. The highest BCUT2D eigenvalue weighted by Gasteiger charge is 2.54. The molecule has 8 unspecified atom stereocenters. The fourth-order valence-corrected chi connectivity index (χ4v) is 19.1. The van der Waals surface area contributed by atoms with Crippen molar-refractivity contribution in [1.82, 2.24) is 20.4 Å². The Balaban J connectivity index is 0.000000142. The smallest absolute Gasteiger partial charge is 0.335 e. The maximum atomic E-state index is 13.7. The van der Waals surface area contributed by atoms with E-state index in [0.29, 0.717) is 72.6 Å². The number of carboxylic acids is 4. The number of likely N-dealkylation sites (tertiary alicyclic amines) is 2. The average molecular weight is 1890 g/mol. The number of nitrogens with two attached hydrogens (primary N) is 1. The van der Waals surface area contributed by atoms with Crippen molar-refractivity contribution in [1.29, 1.82) is 0 Å². The van der Waals surface area contributed by atoms with Gasteiger partial charge in [-0.05, 0) is 219 Å². The van der Waals surface area contributed by atoms with E-state index in [4.69, 9.17) is 25.1 Å². The van der Waals surface area contributed by atoms with Gasteiger partial charge in [-0.1, -0.05) is 182 Å². The van der Waals surface area contributed by atoms with E-state index in [1.54, 1.807) is 131 Å². The van der Waals surface area contributed by atoms with Crippen LogP contribution in [0.2, 0.25) is 0 Å². The van der Waals surface area contributed by atoms with E-state index in [1.165, 1.54) is 39.8 Å². The van der Waals surface area contributed by atoms with Crippen LogP contribution in [0.3, 0.4) is 0 Å². The number of phenols is 4. The van der Waals surface area contributed by atoms with Gasteiger partial charge in [-0.2, -0.15) is 0 Å². The summed E-state index contributed by atoms with van der Waals surface area (Å²) in [6.07, 6.45) is -0.370. The number of ether oxygens (including phenoxy) is 3. The molecule has 140 heavy (non-hydrogen) atoms. The van der Waals surface area contributed by atoms with Crippen LogP contribution in [0.5, 0.6) is 23.0 Å². The molecule has 12 aromatic rings. The van der Waals surface area contributed by atoms with Gasteiger partial charge < -0.3 is 97.2 Å². The van der Waals surface area contributed by atoms with Crippen LogP contribution in [-0.4, -0.2) is 178 Å². The third kappa shape index (κ3) is 22.5. The van der Waals surface area contributed by atoms with Gasteiger partial charge in [-0.25, -0.2) is 9.59 Å². The SMILES string of the molecule is CC(=O)N1CCC(c2ccc(O)cc2)[C@H]1C(=O)Nc1ccc2c(c1)C(OC(C)C(=O)O)c1ccccc1-2.CC(=O)N1CCC(c2ccc(O)cc2)[C@H]1C(=O)Nc1ccc2c(c1)C1(OCC(C(=O)O)O1)c1ccccc1-2.CC(=O)N[C@@H](Cc1ccc(O)cc1)C(=O)Nc1ccc2c(c1)C(CCC(=O)O)c1ccccc1-2.N[C@@H](Cc1ccc(O)cc1)C(=O)Nc1cccc(C(NCC(=O)O)c2ccccc2)c1. The number of amides is 7. The van der Waals surface area contributed by atoms with Gasteiger partial charge in [0.25, 0.3) is 0 Å². The number of hydrogen-bond donors (Lipinski definition) is 15. The van der Waals surface area contributed by atoms with Gasteiger partial charge in [0.1, 0.15) is 47.2 Å². The molecule has 3 saturated heterocycles. The molecule has 12 aromatic carbocycles. The molecule has 3 aliphatic heterocycles. The Bertz CT molecular complexity index is 6660. The lowest BCUT2D eigenvalue weighted by molar-refractivity contribution is -0.165. The number of nitrogens with one attached hydrogen (secondary N) is 6. The molecule has 3 aliphatic carbocycles. The molecule has 718 valence electrons. The second-order valence-electron chi connectivity index (χ2n) is 35.0. The predicted octanol–water partition coefficient (Wildman–Crippen LogP) is 14.4. The van der Waals surface area contributed by atoms with Gasteiger partial charge in [-0.15, -0.1) is 0 Å². The number of aromatic hydroxyl groups is 4. The predicted molar refractivity (Wildman–Crippen MR) is 521 cm³/mol. The minimum atomic E-state index is -1.39. The Labute approximate surface area is 805 Å². The van der Waals surface area contributed by atoms with Gasteiger partial charge in [0.2, 0.25) is 47.1 Å². The Hall–Kier alpha value is -16.2. The molecule has 16 N–H and O–H groups in total. The van der Waals surface area contributed by atoms with Crippen molar-refractivity contribution in [3.05, 3.63) is 346 Å². The molecular weight excluding hydrogens is 1790 g/mol. The second-order valence-corrected chi connectivity index (χ2v) is 35.0. The molecule has 0 aromatic heterocycles. The van der Waals surface area contributed by atoms with Crippen molar-refractivity contribution in [3.8, 4) is 56.4 Å². The lowest BCUT2D eigenvalue weighted by atomic mass is 9.91. The summed E-state index contributed by atoms with van der Waals surface area (Å²) >= 11 is 0. The van der Waals surface area contributed by atoms with E-state index >= 15 is 0 Å². The summed E-state index contributed by atoms with van der Waals surface area (Å²) in [5, 5.41) is 92.9. The van der Waals surface area contributed by atoms with Gasteiger partial charge in [-0.3, -0.25) is 48.5 Å². The average Bonchev–Trinajstić information content (AvgIpc) is 1.55. The Morgan fingerprint density at radius 1 is 0.457 bits per heavy atom. The van der Waals surface area contributed by atoms with E-state index in [1.807, 2.05) is 146 Å². The van der Waals surface area contributed by atoms with E-state index in [2.05, 4.69) is 31.9 Å². The maximum absolute atomic E-state index is 13.7. The first-order chi connectivity index (χ1) is 67.3. The van der Waals surface area contributed by atoms with Crippen molar-refractivity contribution in [3.63, 3.8) is 0 Å². The quantitative estimate of drug-likeness (QED) is 0.0227. The first-order valence-electron chi connectivity index (χ1n) is 45.7. The van der Waals surface area contributed by atoms with Crippen molar-refractivity contribution in [2.45, 2.75) is 138 Å². The molecule has 0 radical (unpaired) electrons. The summed E-state index contributed by atoms with van der Waals surface area (Å²) in [5.74, 6) is -7.34. The van der Waals surface area contributed by atoms with Gasteiger partial charge in [0, 0.05) is 98.3 Å². The zero-order valence-electron chi connectivity index (χ0n) is 76.7. The lowest BCUT2D eigenvalue weighted by Gasteiger charge is -2.27. The molecular formula is C109H105N9O22. The molecule has 0 bridgehead atoms. The number of nitrogens with zero attached hydrogens (tertiary/aromatic N) is 2. The van der Waals surface area contributed by atoms with Crippen LogP contribution in [0.4, 0.5) is 22.7 Å². The van der Waals surface area contributed by atoms with Crippen molar-refractivity contribution in [2.75, 3.05) is 47.5 Å². The number of anilines is 4. The molecule has 18 rings (SSSR count). The topological polar surface area (TPSA) is 482 Å². The third-order valence-electron chi connectivity index (χ3n) is 25.7. The van der Waals surface area contributed by atoms with E-state index in [0.717, 1.165) is 89.0 Å². The molecule has 7 amide bonds. The highest BCUT2D eigenvalue weighted by atomic mass is 16.8. The van der Waals surface area contributed by atoms with E-state index in [-0.39, 0.29) is 114 Å². The van der Waals surface area contributed by atoms with Crippen LogP contribution in [0.25, 0.3) is 33.4 Å². The number of carboxylic acid groups (broad SMARTS) is 4. The number of benzene rings is 12. The summed E-state index contributed by atoms with van der Waals surface area (Å²) in [6, 6.07) is 79.5. The molecule has 1 spiro atoms. The first kappa shape index (κ1) is 98.3. The fourth-order valence-electron chi connectivity index (χ4n) is 19.1. The Kier molecular flexibility index (Phi) is 30.5. The standard InChI is InChI=1S/C29H26N2O7.C29H28N2O6.C27H26N2O5.C24H25N3O4/c1-16(32)31-13-12-20(17-6-9-19(33)10-7-17)26(31)27(34)30-18-8-11-22-21-4-2-3-5-23(21)29(24(22)14-18)37-15-25(38-29)28(35)36;1-16(29(35)36)37-27-24-6-4-3-5-22(24)23-12-9-19(15-25(23)27)30-28(34)26-21(13-14-31(26)17(2)32)18-7-10-20(33)11-8-18;1-16(30)28-25(14-17-6-9-19(31)10-7-17)27(34)29-18-8-11-22-20-4-2-3-5-21(20)23(24(22)15-18)12-13-26(32)33;25-21(13-16-9-11-20(28)12-10-16)24(31)27-19-8-4-7-18(14-19)23(26-15-22(29)30)17-5-2-1-3-6-17/h2-11,14,20,25-26,33H,12-13,15H2,1H3,(H,30,34)(H,35,36);3-12,15-16,21,26-27,33H,13-14H2,1-2H3,(H,30,34)(H,35,36);2-11,15,23,25,31H,12-14H2,1H3,(H,28,30)(H,29,34)(H,32,33);1-12,14,21,23,26,28H,13,15,25H2,(H,27,31)(H,29,30)/t20?,25?,26-,29?;16?,21?,26-,27?;23?,25-;21-,23?/m0000/s1. The fraction of sp³-hybridized carbons (Fsp3) is 0.239. The third-order valence-corrected chi connectivity index (χ3v) is 25.7. The van der Waals surface area contributed by atoms with Crippen LogP contribution < -0.4 is 37.6 Å². The molecule has 3 heterocycles. The molecule has 12 atom stereocenters. The summed E-state index contributed by atoms with van der Waals surface area (Å²) in [6.45, 7) is 6.35. The Morgan fingerprint density at radius 2 is 0.921 bits per heavy atom. The highest BCUT2D eigenvalue weighted by molar-refractivity contribution is 6.02. The summed E-state index contributed by atoms with van der Waals surface area (Å²) < 4.78 is 18.0. The summed E-state index contributed by atoms with van der Waals surface area (Å²) in [7, 11) is 0. The van der Waals surface area contributed by atoms with Crippen LogP contribution in [-0.2, 0) is 85.6 Å². The van der Waals surface area contributed by atoms with Crippen molar-refractivity contribution in [2.24, 2.45) is 5.73 Å². The molecule has 3 fully saturated rings. The molecule has 31 nitrogen and oxygen atoms in total. The Morgan fingerprint density at radius 3 is 1.46 bits per heavy atom. The number of rotatable bonds is 27. The van der Waals surface area contributed by atoms with E-state index < -0.39 is 72.1 Å². The van der Waals surface area contributed by atoms with Crippen LogP contribution in [0.15, 0.2) is 279 Å². The number of carbonyl (C=O) groups excluding carboxylic acids is 7. The molecule has 31 heteroatoms. The zero-order chi connectivity index (χ0) is 99.3. The highest BCUT2D eigenvalue weighted by Crippen LogP contribution is 2.55. The monoisotopic (exact) mass is 1890 g/mol.